The van der Waals surface area contributed by atoms with Gasteiger partial charge >= 0.3 is 5.82 Å². The average molecular weight is 241 g/mol. The van der Waals surface area contributed by atoms with Crippen molar-refractivity contribution in [3.63, 3.8) is 0 Å². The Morgan fingerprint density at radius 1 is 1.59 bits per heavy atom. The van der Waals surface area contributed by atoms with Crippen LogP contribution in [0.3, 0.4) is 0 Å². The van der Waals surface area contributed by atoms with E-state index < -0.39 is 4.92 Å². The molecule has 1 heterocycles. The van der Waals surface area contributed by atoms with Gasteiger partial charge in [-0.1, -0.05) is 0 Å². The van der Waals surface area contributed by atoms with Gasteiger partial charge in [0.1, 0.15) is 0 Å². The van der Waals surface area contributed by atoms with Crippen molar-refractivity contribution in [3.8, 4) is 0 Å². The number of nitro groups is 1. The number of nitrogens with zero attached hydrogens (tertiary/aromatic N) is 4. The van der Waals surface area contributed by atoms with Gasteiger partial charge in [-0.25, -0.2) is 0 Å². The molecule has 1 aromatic heterocycles. The molecule has 0 radical (unpaired) electrons. The lowest BCUT2D eigenvalue weighted by molar-refractivity contribution is -0.388. The van der Waals surface area contributed by atoms with Crippen LogP contribution < -0.4 is 10.2 Å². The summed E-state index contributed by atoms with van der Waals surface area (Å²) in [6.45, 7) is 5.87. The fourth-order valence-corrected chi connectivity index (χ4v) is 1.80. The molecule has 0 bridgehead atoms. The maximum atomic E-state index is 11.0. The van der Waals surface area contributed by atoms with Crippen molar-refractivity contribution in [1.82, 2.24) is 14.9 Å². The number of aromatic nitrogens is 2. The molecule has 0 atom stereocenters. The van der Waals surface area contributed by atoms with Crippen molar-refractivity contribution in [2.24, 2.45) is 0 Å². The highest BCUT2D eigenvalue weighted by Gasteiger charge is 2.27. The summed E-state index contributed by atoms with van der Waals surface area (Å²) >= 11 is 0. The van der Waals surface area contributed by atoms with Gasteiger partial charge < -0.3 is 20.3 Å². The first-order chi connectivity index (χ1) is 8.02. The number of hydrogen-bond acceptors (Lipinski definition) is 5. The molecule has 0 aliphatic rings. The first-order valence-electron chi connectivity index (χ1n) is 5.60. The normalized spacial score (nSPS) is 10.6. The Morgan fingerprint density at radius 3 is 2.71 bits per heavy atom. The summed E-state index contributed by atoms with van der Waals surface area (Å²) in [6, 6.07) is 0. The van der Waals surface area contributed by atoms with E-state index in [4.69, 9.17) is 0 Å². The molecule has 0 aliphatic carbocycles. The molecule has 0 saturated carbocycles. The molecule has 0 saturated heterocycles. The topological polar surface area (TPSA) is 76.2 Å². The Bertz CT molecular complexity index is 402. The number of nitrogens with one attached hydrogen (secondary N) is 1. The van der Waals surface area contributed by atoms with Crippen LogP contribution in [-0.2, 0) is 6.54 Å². The minimum atomic E-state index is -0.426. The van der Waals surface area contributed by atoms with Crippen molar-refractivity contribution in [2.75, 3.05) is 32.1 Å². The second-order valence-electron chi connectivity index (χ2n) is 3.83. The Balaban J connectivity index is 3.13. The zero-order valence-electron chi connectivity index (χ0n) is 10.7. The first kappa shape index (κ1) is 13.4. The lowest BCUT2D eigenvalue weighted by Crippen LogP contribution is -2.29. The molecular weight excluding hydrogens is 222 g/mol. The van der Waals surface area contributed by atoms with Crippen LogP contribution in [0.4, 0.5) is 11.6 Å². The van der Waals surface area contributed by atoms with Crippen LogP contribution in [0.5, 0.6) is 0 Å². The van der Waals surface area contributed by atoms with Gasteiger partial charge in [0.25, 0.3) is 0 Å². The molecule has 96 valence electrons. The van der Waals surface area contributed by atoms with E-state index in [1.54, 1.807) is 6.92 Å². The second-order valence-corrected chi connectivity index (χ2v) is 3.83. The van der Waals surface area contributed by atoms with Crippen LogP contribution in [0.25, 0.3) is 0 Å². The molecule has 7 heteroatoms. The van der Waals surface area contributed by atoms with Crippen molar-refractivity contribution in [3.05, 3.63) is 15.9 Å². The van der Waals surface area contributed by atoms with E-state index in [2.05, 4.69) is 10.3 Å². The van der Waals surface area contributed by atoms with E-state index in [9.17, 15) is 10.1 Å². The van der Waals surface area contributed by atoms with E-state index in [0.29, 0.717) is 24.7 Å². The van der Waals surface area contributed by atoms with E-state index in [1.807, 2.05) is 30.5 Å². The molecular formula is C10H19N5O2. The number of imidazole rings is 1. The summed E-state index contributed by atoms with van der Waals surface area (Å²) in [5.41, 5.74) is 0. The van der Waals surface area contributed by atoms with Crippen molar-refractivity contribution >= 4 is 11.6 Å². The van der Waals surface area contributed by atoms with Gasteiger partial charge in [0.2, 0.25) is 11.6 Å². The Hall–Kier alpha value is -1.63. The van der Waals surface area contributed by atoms with Crippen molar-refractivity contribution in [1.29, 1.82) is 0 Å². The van der Waals surface area contributed by atoms with Crippen LogP contribution in [0, 0.1) is 17.0 Å². The Morgan fingerprint density at radius 2 is 2.24 bits per heavy atom. The average Bonchev–Trinajstić information content (AvgIpc) is 2.63. The van der Waals surface area contributed by atoms with E-state index in [0.717, 1.165) is 6.54 Å². The van der Waals surface area contributed by atoms with E-state index >= 15 is 0 Å². The largest absolute Gasteiger partial charge is 0.406 e. The fraction of sp³-hybridized carbons (Fsp3) is 0.700. The molecule has 0 unspecified atom stereocenters. The molecule has 0 aliphatic heterocycles. The summed E-state index contributed by atoms with van der Waals surface area (Å²) in [5, 5.41) is 14.0. The van der Waals surface area contributed by atoms with Gasteiger partial charge in [-0.15, -0.1) is 0 Å². The lowest BCUT2D eigenvalue weighted by Gasteiger charge is -2.19. The molecule has 7 nitrogen and oxygen atoms in total. The second kappa shape index (κ2) is 5.62. The zero-order chi connectivity index (χ0) is 13.0. The maximum absolute atomic E-state index is 11.0. The number of aryl methyl sites for hydroxylation is 1. The van der Waals surface area contributed by atoms with Crippen molar-refractivity contribution < 1.29 is 4.92 Å². The van der Waals surface area contributed by atoms with Crippen LogP contribution in [-0.4, -0.2) is 41.7 Å². The van der Waals surface area contributed by atoms with Gasteiger partial charge in [-0.3, -0.25) is 4.57 Å². The molecule has 1 aromatic rings. The molecule has 0 aromatic carbocycles. The van der Waals surface area contributed by atoms with E-state index in [1.165, 1.54) is 0 Å². The number of hydrogen-bond donors (Lipinski definition) is 1. The highest BCUT2D eigenvalue weighted by atomic mass is 16.6. The Labute approximate surface area is 101 Å². The van der Waals surface area contributed by atoms with Crippen LogP contribution in [0.15, 0.2) is 0 Å². The van der Waals surface area contributed by atoms with Crippen LogP contribution in [0.2, 0.25) is 0 Å². The standard InChI is InChI=1S/C10H19N5O2/c1-5-14-8(2)12-9(15(16)17)10(14)13(4)7-6-11-3/h11H,5-7H2,1-4H3. The summed E-state index contributed by atoms with van der Waals surface area (Å²) in [6.07, 6.45) is 0. The van der Waals surface area contributed by atoms with Gasteiger partial charge in [-0.2, -0.15) is 0 Å². The van der Waals surface area contributed by atoms with Gasteiger partial charge in [0.05, 0.1) is 0 Å². The minimum absolute atomic E-state index is 0.0667. The summed E-state index contributed by atoms with van der Waals surface area (Å²) in [4.78, 5) is 16.4. The highest BCUT2D eigenvalue weighted by Crippen LogP contribution is 2.27. The summed E-state index contributed by atoms with van der Waals surface area (Å²) in [5.74, 6) is 1.18. The van der Waals surface area contributed by atoms with Gasteiger partial charge in [0, 0.05) is 33.6 Å². The van der Waals surface area contributed by atoms with Crippen molar-refractivity contribution in [2.45, 2.75) is 20.4 Å². The number of rotatable bonds is 6. The molecule has 0 spiro atoms. The van der Waals surface area contributed by atoms with Gasteiger partial charge in [-0.05, 0) is 23.9 Å². The fourth-order valence-electron chi connectivity index (χ4n) is 1.80. The molecule has 0 amide bonds. The Kier molecular flexibility index (Phi) is 4.45. The minimum Gasteiger partial charge on any atom is -0.358 e. The number of likely N-dealkylation sites (N-methyl/N-ethyl adjacent to an activating group) is 2. The summed E-state index contributed by atoms with van der Waals surface area (Å²) in [7, 11) is 3.69. The summed E-state index contributed by atoms with van der Waals surface area (Å²) < 4.78 is 1.85. The monoisotopic (exact) mass is 241 g/mol. The zero-order valence-corrected chi connectivity index (χ0v) is 10.7. The maximum Gasteiger partial charge on any atom is 0.406 e. The predicted octanol–water partition coefficient (Wildman–Crippen LogP) is 0.775. The molecule has 1 N–H and O–H groups in total. The third-order valence-electron chi connectivity index (χ3n) is 2.66. The van der Waals surface area contributed by atoms with E-state index in [-0.39, 0.29) is 5.82 Å². The van der Waals surface area contributed by atoms with Crippen LogP contribution in [0.1, 0.15) is 12.7 Å². The first-order valence-corrected chi connectivity index (χ1v) is 5.60. The van der Waals surface area contributed by atoms with Gasteiger partial charge in [0.15, 0.2) is 0 Å². The smallest absolute Gasteiger partial charge is 0.358 e. The lowest BCUT2D eigenvalue weighted by atomic mass is 10.4. The van der Waals surface area contributed by atoms with Crippen LogP contribution >= 0.6 is 0 Å². The SMILES string of the molecule is CCn1c(C)nc([N+](=O)[O-])c1N(C)CCNC. The number of anilines is 1. The third kappa shape index (κ3) is 2.73. The molecule has 0 fully saturated rings. The molecule has 1 rings (SSSR count). The molecule has 17 heavy (non-hydrogen) atoms. The highest BCUT2D eigenvalue weighted by molar-refractivity contribution is 5.55. The quantitative estimate of drug-likeness (QED) is 0.588. The predicted molar refractivity (Wildman–Crippen MR) is 66.5 cm³/mol. The third-order valence-corrected chi connectivity index (χ3v) is 2.66.